The number of carbonyl (C=O) groups excluding carboxylic acids is 3. The third-order valence-corrected chi connectivity index (χ3v) is 6.51. The van der Waals surface area contributed by atoms with E-state index in [1.54, 1.807) is 19.9 Å². The lowest BCUT2D eigenvalue weighted by Gasteiger charge is -2.04. The van der Waals surface area contributed by atoms with Crippen LogP contribution in [0.4, 0.5) is 11.4 Å². The summed E-state index contributed by atoms with van der Waals surface area (Å²) in [6.07, 6.45) is 2.71. The number of esters is 2. The van der Waals surface area contributed by atoms with Crippen LogP contribution in [0.15, 0.2) is 48.8 Å². The second kappa shape index (κ2) is 17.9. The number of thiophene rings is 1. The Morgan fingerprint density at radius 1 is 1.02 bits per heavy atom. The van der Waals surface area contributed by atoms with Crippen LogP contribution in [0.2, 0.25) is 5.15 Å². The molecule has 1 amide bonds. The number of pyridine rings is 2. The zero-order chi connectivity index (χ0) is 30.5. The van der Waals surface area contributed by atoms with Crippen LogP contribution in [0.1, 0.15) is 62.8 Å². The van der Waals surface area contributed by atoms with Crippen LogP contribution in [-0.4, -0.2) is 46.0 Å². The molecule has 13 heteroatoms. The van der Waals surface area contributed by atoms with Crippen molar-refractivity contribution in [2.75, 3.05) is 29.2 Å². The molecular formula is C29H31ClIN5O5S. The molecule has 3 aromatic heterocycles. The molecule has 4 aromatic rings. The summed E-state index contributed by atoms with van der Waals surface area (Å²) in [6.45, 7) is 5.97. The average molecular weight is 724 g/mol. The number of ether oxygens (including phenoxy) is 2. The number of anilines is 2. The van der Waals surface area contributed by atoms with Crippen molar-refractivity contribution in [3.8, 4) is 6.07 Å². The van der Waals surface area contributed by atoms with Gasteiger partial charge in [-0.25, -0.2) is 19.6 Å². The van der Waals surface area contributed by atoms with Crippen molar-refractivity contribution in [1.82, 2.24) is 9.97 Å². The molecule has 0 spiro atoms. The molecule has 0 aliphatic heterocycles. The predicted octanol–water partition coefficient (Wildman–Crippen LogP) is 7.09. The van der Waals surface area contributed by atoms with Crippen LogP contribution >= 0.6 is 45.5 Å². The Morgan fingerprint density at radius 3 is 2.12 bits per heavy atom. The van der Waals surface area contributed by atoms with Gasteiger partial charge in [0.05, 0.1) is 35.6 Å². The summed E-state index contributed by atoms with van der Waals surface area (Å²) >= 11 is 8.93. The molecule has 0 aliphatic rings. The summed E-state index contributed by atoms with van der Waals surface area (Å²) < 4.78 is 9.70. The SMILES string of the molecule is C.CCOC(=O)c1cnc(Cl)c(C#N)c1.CCOC(=O)c1cnc2sc(C(=O)Nc3ccc(C)cc3)c(N)c2c1.CI. The van der Waals surface area contributed by atoms with Gasteiger partial charge in [-0.3, -0.25) is 4.79 Å². The van der Waals surface area contributed by atoms with Gasteiger partial charge < -0.3 is 20.5 Å². The van der Waals surface area contributed by atoms with Gasteiger partial charge >= 0.3 is 11.9 Å². The van der Waals surface area contributed by atoms with Gasteiger partial charge in [0, 0.05) is 23.5 Å². The second-order valence-corrected chi connectivity index (χ2v) is 9.21. The number of benzene rings is 1. The zero-order valence-corrected chi connectivity index (χ0v) is 26.4. The summed E-state index contributed by atoms with van der Waals surface area (Å²) in [6, 6.07) is 12.3. The van der Waals surface area contributed by atoms with Gasteiger partial charge in [-0.2, -0.15) is 5.26 Å². The molecule has 0 unspecified atom stereocenters. The van der Waals surface area contributed by atoms with Gasteiger partial charge in [0.2, 0.25) is 0 Å². The minimum absolute atomic E-state index is 0. The van der Waals surface area contributed by atoms with Gasteiger partial charge in [0.25, 0.3) is 5.91 Å². The zero-order valence-electron chi connectivity index (χ0n) is 22.7. The number of nitrogens with zero attached hydrogens (tertiary/aromatic N) is 3. The Bertz CT molecular complexity index is 1570. The number of aryl methyl sites for hydroxylation is 1. The summed E-state index contributed by atoms with van der Waals surface area (Å²) in [5.74, 6) is -1.27. The van der Waals surface area contributed by atoms with Crippen LogP contribution in [0.3, 0.4) is 0 Å². The molecule has 222 valence electrons. The predicted molar refractivity (Wildman–Crippen MR) is 176 cm³/mol. The average Bonchev–Trinajstić information content (AvgIpc) is 3.32. The van der Waals surface area contributed by atoms with Crippen molar-refractivity contribution in [2.24, 2.45) is 0 Å². The number of nitrogen functional groups attached to an aromatic ring is 1. The third-order valence-electron chi connectivity index (χ3n) is 5.08. The van der Waals surface area contributed by atoms with Crippen molar-refractivity contribution in [1.29, 1.82) is 5.26 Å². The van der Waals surface area contributed by atoms with Crippen LogP contribution < -0.4 is 11.1 Å². The number of amides is 1. The minimum atomic E-state index is -0.506. The fourth-order valence-electron chi connectivity index (χ4n) is 3.17. The molecule has 3 N–H and O–H groups in total. The Morgan fingerprint density at radius 2 is 1.57 bits per heavy atom. The first-order valence-corrected chi connectivity index (χ1v) is 15.4. The Kier molecular flexibility index (Phi) is 15.4. The van der Waals surface area contributed by atoms with E-state index in [0.29, 0.717) is 32.0 Å². The molecule has 3 heterocycles. The van der Waals surface area contributed by atoms with Crippen LogP contribution in [-0.2, 0) is 9.47 Å². The molecule has 0 radical (unpaired) electrons. The number of nitrogens with one attached hydrogen (secondary N) is 1. The number of fused-ring (bicyclic) bond motifs is 1. The largest absolute Gasteiger partial charge is 0.462 e. The number of carbonyl (C=O) groups is 3. The summed E-state index contributed by atoms with van der Waals surface area (Å²) in [5, 5.41) is 12.1. The highest BCUT2D eigenvalue weighted by molar-refractivity contribution is 14.1. The highest BCUT2D eigenvalue weighted by Crippen LogP contribution is 2.33. The first kappa shape index (κ1) is 36.2. The maximum atomic E-state index is 12.5. The monoisotopic (exact) mass is 723 g/mol. The Balaban J connectivity index is 0.000000444. The highest BCUT2D eigenvalue weighted by Gasteiger charge is 2.19. The quantitative estimate of drug-likeness (QED) is 0.0918. The maximum absolute atomic E-state index is 12.5. The van der Waals surface area contributed by atoms with Crippen molar-refractivity contribution < 1.29 is 23.9 Å². The lowest BCUT2D eigenvalue weighted by Crippen LogP contribution is -2.11. The number of hydrogen-bond acceptors (Lipinski definition) is 10. The molecule has 1 aromatic carbocycles. The molecule has 0 saturated heterocycles. The van der Waals surface area contributed by atoms with E-state index in [1.165, 1.54) is 29.8 Å². The number of aromatic nitrogens is 2. The fourth-order valence-corrected chi connectivity index (χ4v) is 4.26. The third kappa shape index (κ3) is 9.64. The van der Waals surface area contributed by atoms with Crippen LogP contribution in [0.5, 0.6) is 0 Å². The number of nitriles is 1. The van der Waals surface area contributed by atoms with Gasteiger partial charge in [-0.15, -0.1) is 11.3 Å². The smallest absolute Gasteiger partial charge is 0.339 e. The fraction of sp³-hybridized carbons (Fsp3) is 0.241. The molecule has 0 saturated carbocycles. The molecule has 0 bridgehead atoms. The van der Waals surface area contributed by atoms with Crippen LogP contribution in [0, 0.1) is 18.3 Å². The number of rotatable bonds is 6. The van der Waals surface area contributed by atoms with Crippen LogP contribution in [0.25, 0.3) is 10.2 Å². The molecular weight excluding hydrogens is 693 g/mol. The van der Waals surface area contributed by atoms with Gasteiger partial charge in [-0.05, 0) is 50.0 Å². The Hall–Kier alpha value is -3.80. The molecule has 0 atom stereocenters. The van der Waals surface area contributed by atoms with E-state index in [9.17, 15) is 14.4 Å². The number of hydrogen-bond donors (Lipinski definition) is 2. The summed E-state index contributed by atoms with van der Waals surface area (Å²) in [7, 11) is 0. The van der Waals surface area contributed by atoms with Gasteiger partial charge in [0.1, 0.15) is 20.9 Å². The first-order chi connectivity index (χ1) is 19.7. The van der Waals surface area contributed by atoms with Crippen molar-refractivity contribution >= 4 is 85.0 Å². The van der Waals surface area contributed by atoms with E-state index in [1.807, 2.05) is 42.2 Å². The van der Waals surface area contributed by atoms with E-state index in [2.05, 4.69) is 37.9 Å². The minimum Gasteiger partial charge on any atom is -0.462 e. The topological polar surface area (TPSA) is 157 Å². The van der Waals surface area contributed by atoms with Gasteiger partial charge in [0.15, 0.2) is 0 Å². The van der Waals surface area contributed by atoms with E-state index in [0.717, 1.165) is 5.56 Å². The highest BCUT2D eigenvalue weighted by atomic mass is 127. The molecule has 0 fully saturated rings. The number of nitrogens with two attached hydrogens (primary N) is 1. The molecule has 10 nitrogen and oxygen atoms in total. The second-order valence-electron chi connectivity index (χ2n) is 7.86. The number of alkyl halides is 1. The molecule has 4 rings (SSSR count). The van der Waals surface area contributed by atoms with E-state index in [4.69, 9.17) is 32.1 Å². The number of halogens is 2. The van der Waals surface area contributed by atoms with Crippen molar-refractivity contribution in [2.45, 2.75) is 28.2 Å². The normalized spacial score (nSPS) is 9.55. The molecule has 0 aliphatic carbocycles. The lowest BCUT2D eigenvalue weighted by molar-refractivity contribution is 0.0516. The van der Waals surface area contributed by atoms with E-state index in [-0.39, 0.29) is 42.8 Å². The van der Waals surface area contributed by atoms with Crippen molar-refractivity contribution in [3.05, 3.63) is 81.1 Å². The van der Waals surface area contributed by atoms with E-state index < -0.39 is 11.9 Å². The lowest BCUT2D eigenvalue weighted by atomic mass is 10.2. The molecule has 42 heavy (non-hydrogen) atoms. The standard InChI is InChI=1S/C18H17N3O3S.C9H7ClN2O2.CH3I.CH4/c1-3-24-18(23)11-8-13-14(19)15(25-17(13)20-9-11)16(22)21-12-6-4-10(2)5-7-12;1-2-14-9(13)7-3-6(4-11)8(10)12-5-7;1-2;/h4-9H,3,19H2,1-2H3,(H,21,22);3,5H,2H2,1H3;1H3;1H4. The first-order valence-electron chi connectivity index (χ1n) is 12.0. The van der Waals surface area contributed by atoms with Gasteiger partial charge in [-0.1, -0.05) is 59.3 Å². The Labute approximate surface area is 267 Å². The summed E-state index contributed by atoms with van der Waals surface area (Å²) in [4.78, 5) is 46.4. The summed E-state index contributed by atoms with van der Waals surface area (Å²) in [5.41, 5.74) is 8.92. The maximum Gasteiger partial charge on any atom is 0.339 e. The van der Waals surface area contributed by atoms with E-state index >= 15 is 0 Å². The van der Waals surface area contributed by atoms with Crippen molar-refractivity contribution in [3.63, 3.8) is 0 Å².